The van der Waals surface area contributed by atoms with Crippen molar-refractivity contribution < 1.29 is 17.9 Å². The molecule has 0 N–H and O–H groups in total. The van der Waals surface area contributed by atoms with Gasteiger partial charge in [-0.25, -0.2) is 8.42 Å². The van der Waals surface area contributed by atoms with Gasteiger partial charge in [0.2, 0.25) is 0 Å². The Hall–Kier alpha value is -1.76. The third-order valence-corrected chi connectivity index (χ3v) is 7.61. The molecule has 156 valence electrons. The van der Waals surface area contributed by atoms with Crippen molar-refractivity contribution in [1.82, 2.24) is 4.90 Å². The van der Waals surface area contributed by atoms with E-state index in [0.29, 0.717) is 28.8 Å². The molecule has 0 saturated carbocycles. The van der Waals surface area contributed by atoms with E-state index in [1.807, 2.05) is 26.0 Å². The molecule has 0 bridgehead atoms. The molecule has 1 saturated heterocycles. The van der Waals surface area contributed by atoms with Crippen LogP contribution in [0.1, 0.15) is 23.1 Å². The Balaban J connectivity index is 1.75. The number of aryl methyl sites for hydroxylation is 2. The molecule has 1 aliphatic rings. The Morgan fingerprint density at radius 3 is 2.31 bits per heavy atom. The van der Waals surface area contributed by atoms with E-state index in [1.165, 1.54) is 0 Å². The van der Waals surface area contributed by atoms with Gasteiger partial charge in [-0.05, 0) is 61.2 Å². The lowest BCUT2D eigenvalue weighted by molar-refractivity contribution is -0.136. The van der Waals surface area contributed by atoms with Gasteiger partial charge in [0, 0.05) is 22.6 Å². The van der Waals surface area contributed by atoms with Gasteiger partial charge in [0.1, 0.15) is 5.75 Å². The molecule has 2 aromatic rings. The average Bonchev–Trinajstić information content (AvgIpc) is 3.03. The Morgan fingerprint density at radius 2 is 1.76 bits per heavy atom. The van der Waals surface area contributed by atoms with Crippen LogP contribution in [0, 0.1) is 13.8 Å². The zero-order valence-corrected chi connectivity index (χ0v) is 18.6. The van der Waals surface area contributed by atoms with E-state index in [4.69, 9.17) is 27.9 Å². The molecule has 0 unspecified atom stereocenters. The van der Waals surface area contributed by atoms with Crippen LogP contribution in [0.4, 0.5) is 0 Å². The van der Waals surface area contributed by atoms with Gasteiger partial charge in [0.15, 0.2) is 16.4 Å². The summed E-state index contributed by atoms with van der Waals surface area (Å²) in [6, 6.07) is 10.4. The third-order valence-electron chi connectivity index (χ3n) is 5.01. The van der Waals surface area contributed by atoms with Gasteiger partial charge in [0.05, 0.1) is 11.5 Å². The maximum Gasteiger partial charge on any atom is 0.261 e. The lowest BCUT2D eigenvalue weighted by atomic mass is 10.1. The molecular weight excluding hydrogens is 433 g/mol. The zero-order valence-electron chi connectivity index (χ0n) is 16.3. The topological polar surface area (TPSA) is 63.7 Å². The van der Waals surface area contributed by atoms with Crippen molar-refractivity contribution in [2.75, 3.05) is 18.1 Å². The van der Waals surface area contributed by atoms with E-state index in [1.54, 1.807) is 29.2 Å². The molecule has 0 aliphatic carbocycles. The maximum atomic E-state index is 13.0. The molecular formula is C21H23Cl2NO4S. The van der Waals surface area contributed by atoms with Gasteiger partial charge in [-0.3, -0.25) is 4.79 Å². The second-order valence-electron chi connectivity index (χ2n) is 7.36. The van der Waals surface area contributed by atoms with Crippen LogP contribution < -0.4 is 4.74 Å². The Kier molecular flexibility index (Phi) is 6.76. The van der Waals surface area contributed by atoms with Gasteiger partial charge < -0.3 is 9.64 Å². The number of ether oxygens (including phenoxy) is 1. The number of carbonyl (C=O) groups is 1. The van der Waals surface area contributed by atoms with Crippen molar-refractivity contribution in [3.63, 3.8) is 0 Å². The second kappa shape index (κ2) is 8.94. The van der Waals surface area contributed by atoms with Gasteiger partial charge >= 0.3 is 0 Å². The molecule has 29 heavy (non-hydrogen) atoms. The number of nitrogens with zero attached hydrogens (tertiary/aromatic N) is 1. The molecule has 5 nitrogen and oxygen atoms in total. The molecule has 1 aliphatic heterocycles. The van der Waals surface area contributed by atoms with Crippen LogP contribution in [-0.4, -0.2) is 43.4 Å². The standard InChI is InChI=1S/C21H23Cl2NO4S/c1-14-9-19(10-15(2)21(14)23)28-12-20(25)24(18-7-8-29(26,27)13-18)11-16-3-5-17(22)6-4-16/h3-6,9-10,18H,7-8,11-13H2,1-2H3/t18-/m0/s1. The van der Waals surface area contributed by atoms with E-state index < -0.39 is 9.84 Å². The highest BCUT2D eigenvalue weighted by Gasteiger charge is 2.34. The van der Waals surface area contributed by atoms with E-state index in [2.05, 4.69) is 0 Å². The summed E-state index contributed by atoms with van der Waals surface area (Å²) in [6.07, 6.45) is 0.431. The summed E-state index contributed by atoms with van der Waals surface area (Å²) in [5.74, 6) is 0.375. The summed E-state index contributed by atoms with van der Waals surface area (Å²) < 4.78 is 29.6. The molecule has 1 amide bonds. The minimum Gasteiger partial charge on any atom is -0.484 e. The largest absolute Gasteiger partial charge is 0.484 e. The summed E-state index contributed by atoms with van der Waals surface area (Å²) in [4.78, 5) is 14.6. The van der Waals surface area contributed by atoms with Crippen LogP contribution in [-0.2, 0) is 21.2 Å². The van der Waals surface area contributed by atoms with Crippen molar-refractivity contribution in [2.24, 2.45) is 0 Å². The first-order valence-corrected chi connectivity index (χ1v) is 11.9. The quantitative estimate of drug-likeness (QED) is 0.654. The van der Waals surface area contributed by atoms with Crippen LogP contribution in [0.5, 0.6) is 5.75 Å². The molecule has 0 radical (unpaired) electrons. The predicted molar refractivity (Wildman–Crippen MR) is 115 cm³/mol. The fraction of sp³-hybridized carbons (Fsp3) is 0.381. The van der Waals surface area contributed by atoms with E-state index in [9.17, 15) is 13.2 Å². The van der Waals surface area contributed by atoms with E-state index >= 15 is 0 Å². The van der Waals surface area contributed by atoms with Crippen molar-refractivity contribution in [2.45, 2.75) is 32.9 Å². The lowest BCUT2D eigenvalue weighted by Gasteiger charge is -2.28. The van der Waals surface area contributed by atoms with Crippen molar-refractivity contribution in [3.05, 3.63) is 63.1 Å². The van der Waals surface area contributed by atoms with Crippen LogP contribution in [0.25, 0.3) is 0 Å². The van der Waals surface area contributed by atoms with Crippen molar-refractivity contribution in [3.8, 4) is 5.75 Å². The number of halogens is 2. The van der Waals surface area contributed by atoms with Gasteiger partial charge in [-0.1, -0.05) is 35.3 Å². The first-order chi connectivity index (χ1) is 13.6. The SMILES string of the molecule is Cc1cc(OCC(=O)N(Cc2ccc(Cl)cc2)[C@H]2CCS(=O)(=O)C2)cc(C)c1Cl. The number of benzene rings is 2. The number of amides is 1. The van der Waals surface area contributed by atoms with Gasteiger partial charge in [-0.15, -0.1) is 0 Å². The summed E-state index contributed by atoms with van der Waals surface area (Å²) >= 11 is 12.1. The highest BCUT2D eigenvalue weighted by Crippen LogP contribution is 2.26. The molecule has 1 heterocycles. The summed E-state index contributed by atoms with van der Waals surface area (Å²) in [6.45, 7) is 3.88. The highest BCUT2D eigenvalue weighted by molar-refractivity contribution is 7.91. The number of hydrogen-bond acceptors (Lipinski definition) is 4. The Labute approximate surface area is 181 Å². The first-order valence-electron chi connectivity index (χ1n) is 9.28. The third kappa shape index (κ3) is 5.65. The van der Waals surface area contributed by atoms with Crippen LogP contribution >= 0.6 is 23.2 Å². The van der Waals surface area contributed by atoms with E-state index in [-0.39, 0.29) is 30.1 Å². The lowest BCUT2D eigenvalue weighted by Crippen LogP contribution is -2.43. The van der Waals surface area contributed by atoms with Crippen LogP contribution in [0.3, 0.4) is 0 Å². The maximum absolute atomic E-state index is 13.0. The van der Waals surface area contributed by atoms with Gasteiger partial charge in [0.25, 0.3) is 5.91 Å². The molecule has 8 heteroatoms. The Morgan fingerprint density at radius 1 is 1.14 bits per heavy atom. The zero-order chi connectivity index (χ0) is 21.2. The molecule has 0 spiro atoms. The predicted octanol–water partition coefficient (Wildman–Crippen LogP) is 4.20. The van der Waals surface area contributed by atoms with E-state index in [0.717, 1.165) is 16.7 Å². The highest BCUT2D eigenvalue weighted by atomic mass is 35.5. The fourth-order valence-electron chi connectivity index (χ4n) is 3.45. The Bertz CT molecular complexity index is 983. The first kappa shape index (κ1) is 21.9. The van der Waals surface area contributed by atoms with Crippen LogP contribution in [0.2, 0.25) is 10.0 Å². The molecule has 1 atom stereocenters. The number of hydrogen-bond donors (Lipinski definition) is 0. The monoisotopic (exact) mass is 455 g/mol. The molecule has 1 fully saturated rings. The minimum atomic E-state index is -3.13. The normalized spacial score (nSPS) is 17.9. The second-order valence-corrected chi connectivity index (χ2v) is 10.4. The summed E-state index contributed by atoms with van der Waals surface area (Å²) in [5.41, 5.74) is 2.62. The number of carbonyl (C=O) groups excluding carboxylic acids is 1. The van der Waals surface area contributed by atoms with Crippen molar-refractivity contribution in [1.29, 1.82) is 0 Å². The smallest absolute Gasteiger partial charge is 0.261 e. The summed E-state index contributed by atoms with van der Waals surface area (Å²) in [7, 11) is -3.13. The fourth-order valence-corrected chi connectivity index (χ4v) is 5.41. The number of rotatable bonds is 6. The van der Waals surface area contributed by atoms with Crippen LogP contribution in [0.15, 0.2) is 36.4 Å². The molecule has 0 aromatic heterocycles. The average molecular weight is 456 g/mol. The van der Waals surface area contributed by atoms with Gasteiger partial charge in [-0.2, -0.15) is 0 Å². The number of sulfone groups is 1. The minimum absolute atomic E-state index is 0.0223. The molecule has 2 aromatic carbocycles. The summed E-state index contributed by atoms with van der Waals surface area (Å²) in [5, 5.41) is 1.27. The van der Waals surface area contributed by atoms with Crippen molar-refractivity contribution >= 4 is 38.9 Å². The molecule has 3 rings (SSSR count).